The molecule has 0 spiro atoms. The monoisotopic (exact) mass is 467 g/mol. The van der Waals surface area contributed by atoms with Crippen LogP contribution in [0.4, 0.5) is 17.5 Å². The summed E-state index contributed by atoms with van der Waals surface area (Å²) in [7, 11) is 0. The molecule has 7 N–H and O–H groups in total. The molecule has 34 heavy (non-hydrogen) atoms. The van der Waals surface area contributed by atoms with E-state index in [4.69, 9.17) is 16.2 Å². The summed E-state index contributed by atoms with van der Waals surface area (Å²) in [5.74, 6) is 0.662. The summed E-state index contributed by atoms with van der Waals surface area (Å²) >= 11 is 0. The lowest BCUT2D eigenvalue weighted by Crippen LogP contribution is -2.29. The van der Waals surface area contributed by atoms with Crippen LogP contribution in [0, 0.1) is 0 Å². The first-order valence-electron chi connectivity index (χ1n) is 10.8. The second-order valence-corrected chi connectivity index (χ2v) is 7.94. The molecule has 4 aromatic rings. The van der Waals surface area contributed by atoms with Crippen molar-refractivity contribution < 1.29 is 14.9 Å². The van der Waals surface area contributed by atoms with E-state index in [0.29, 0.717) is 35.9 Å². The zero-order valence-corrected chi connectivity index (χ0v) is 18.4. The van der Waals surface area contributed by atoms with Crippen LogP contribution in [0.15, 0.2) is 30.6 Å². The highest BCUT2D eigenvalue weighted by molar-refractivity contribution is 5.83. The molecule has 0 bridgehead atoms. The van der Waals surface area contributed by atoms with Crippen molar-refractivity contribution >= 4 is 28.6 Å². The molecule has 1 aliphatic heterocycles. The van der Waals surface area contributed by atoms with Crippen molar-refractivity contribution in [3.05, 3.63) is 42.0 Å². The summed E-state index contributed by atoms with van der Waals surface area (Å²) in [6, 6.07) is 7.61. The van der Waals surface area contributed by atoms with Crippen molar-refractivity contribution in [1.29, 1.82) is 0 Å². The molecule has 1 fully saturated rings. The van der Waals surface area contributed by atoms with Gasteiger partial charge in [0.05, 0.1) is 12.9 Å². The zero-order valence-electron chi connectivity index (χ0n) is 18.4. The first-order valence-corrected chi connectivity index (χ1v) is 10.8. The van der Waals surface area contributed by atoms with Crippen LogP contribution in [0.3, 0.4) is 0 Å². The number of ether oxygens (including phenoxy) is 1. The maximum absolute atomic E-state index is 10.7. The molecule has 14 nitrogen and oxygen atoms in total. The van der Waals surface area contributed by atoms with Crippen LogP contribution in [-0.2, 0) is 17.7 Å². The molecule has 0 radical (unpaired) electrons. The van der Waals surface area contributed by atoms with Gasteiger partial charge in [-0.3, -0.25) is 4.57 Å². The molecule has 0 aliphatic carbocycles. The number of aliphatic hydroxyl groups is 2. The first kappa shape index (κ1) is 21.9. The number of nitrogens with zero attached hydrogens (tertiary/aromatic N) is 8. The van der Waals surface area contributed by atoms with E-state index in [1.165, 1.54) is 15.7 Å². The molecule has 3 aromatic heterocycles. The lowest BCUT2D eigenvalue weighted by molar-refractivity contribution is -0.0384. The molecule has 0 saturated carbocycles. The summed E-state index contributed by atoms with van der Waals surface area (Å²) in [4.78, 5) is 14.4. The summed E-state index contributed by atoms with van der Waals surface area (Å²) < 4.78 is 7.43. The van der Waals surface area contributed by atoms with E-state index in [-0.39, 0.29) is 11.6 Å². The van der Waals surface area contributed by atoms with Gasteiger partial charge in [-0.1, -0.05) is 12.1 Å². The molecule has 178 valence electrons. The van der Waals surface area contributed by atoms with E-state index in [9.17, 15) is 10.2 Å². The fourth-order valence-corrected chi connectivity index (χ4v) is 3.81. The SMILES string of the molecule is CCn1nnc([C@H]2O[C@@H](n3cnc4c(N)nc(NCCc5ccc(N)cc5)nc43)[C@H](O)[C@@H]2O)n1. The third-order valence-electron chi connectivity index (χ3n) is 5.64. The van der Waals surface area contributed by atoms with Crippen LogP contribution in [0.25, 0.3) is 11.2 Å². The highest BCUT2D eigenvalue weighted by atomic mass is 16.6. The molecule has 4 heterocycles. The smallest absolute Gasteiger partial charge is 0.226 e. The zero-order chi connectivity index (χ0) is 23.8. The Labute approximate surface area is 193 Å². The number of anilines is 3. The fraction of sp³-hybridized carbons (Fsp3) is 0.400. The van der Waals surface area contributed by atoms with E-state index in [0.717, 1.165) is 12.0 Å². The van der Waals surface area contributed by atoms with E-state index >= 15 is 0 Å². The number of benzene rings is 1. The number of nitrogens with one attached hydrogen (secondary N) is 1. The minimum atomic E-state index is -1.28. The van der Waals surface area contributed by atoms with Gasteiger partial charge in [0.2, 0.25) is 11.8 Å². The van der Waals surface area contributed by atoms with Crippen LogP contribution in [0.1, 0.15) is 30.6 Å². The fourth-order valence-electron chi connectivity index (χ4n) is 3.81. The Bertz CT molecular complexity index is 1290. The largest absolute Gasteiger partial charge is 0.399 e. The highest BCUT2D eigenvalue weighted by Gasteiger charge is 2.47. The summed E-state index contributed by atoms with van der Waals surface area (Å²) in [5, 5.41) is 36.4. The number of imidazole rings is 1. The van der Waals surface area contributed by atoms with Gasteiger partial charge in [-0.15, -0.1) is 10.2 Å². The Morgan fingerprint density at radius 3 is 2.65 bits per heavy atom. The minimum absolute atomic E-state index is 0.177. The third kappa shape index (κ3) is 3.98. The molecule has 1 aromatic carbocycles. The van der Waals surface area contributed by atoms with Crippen LogP contribution >= 0.6 is 0 Å². The molecular weight excluding hydrogens is 442 g/mol. The quantitative estimate of drug-likeness (QED) is 0.221. The number of hydrogen-bond donors (Lipinski definition) is 5. The van der Waals surface area contributed by atoms with Crippen LogP contribution in [0.5, 0.6) is 0 Å². The van der Waals surface area contributed by atoms with Gasteiger partial charge < -0.3 is 31.7 Å². The normalized spacial score (nSPS) is 22.4. The van der Waals surface area contributed by atoms with Gasteiger partial charge in [-0.2, -0.15) is 14.8 Å². The van der Waals surface area contributed by atoms with E-state index in [1.807, 2.05) is 31.2 Å². The van der Waals surface area contributed by atoms with Crippen LogP contribution in [0.2, 0.25) is 0 Å². The lowest BCUT2D eigenvalue weighted by atomic mass is 10.1. The number of nitrogens with two attached hydrogens (primary N) is 2. The van der Waals surface area contributed by atoms with E-state index in [2.05, 4.69) is 35.7 Å². The molecular formula is C20H25N11O3. The maximum atomic E-state index is 10.7. The number of fused-ring (bicyclic) bond motifs is 1. The maximum Gasteiger partial charge on any atom is 0.226 e. The van der Waals surface area contributed by atoms with E-state index < -0.39 is 24.5 Å². The molecule has 5 rings (SSSR count). The Kier molecular flexibility index (Phi) is 5.69. The highest BCUT2D eigenvalue weighted by Crippen LogP contribution is 2.38. The molecule has 1 aliphatic rings. The van der Waals surface area contributed by atoms with E-state index in [1.54, 1.807) is 0 Å². The molecule has 1 saturated heterocycles. The molecule has 4 atom stereocenters. The topological polar surface area (TPSA) is 201 Å². The average molecular weight is 467 g/mol. The first-order chi connectivity index (χ1) is 16.4. The van der Waals surface area contributed by atoms with Gasteiger partial charge in [-0.25, -0.2) is 4.98 Å². The summed E-state index contributed by atoms with van der Waals surface area (Å²) in [6.45, 7) is 2.93. The number of aryl methyl sites for hydroxylation is 1. The van der Waals surface area contributed by atoms with Gasteiger partial charge in [-0.05, 0) is 36.3 Å². The second kappa shape index (κ2) is 8.81. The summed E-state index contributed by atoms with van der Waals surface area (Å²) in [5.41, 5.74) is 14.4. The molecule has 14 heteroatoms. The van der Waals surface area contributed by atoms with Crippen molar-refractivity contribution in [2.75, 3.05) is 23.3 Å². The molecule has 0 unspecified atom stereocenters. The van der Waals surface area contributed by atoms with Crippen LogP contribution in [-0.4, -0.2) is 68.7 Å². The van der Waals surface area contributed by atoms with Crippen molar-refractivity contribution in [3.63, 3.8) is 0 Å². The Balaban J connectivity index is 1.37. The number of nitrogen functional groups attached to an aromatic ring is 2. The van der Waals surface area contributed by atoms with Gasteiger partial charge in [0, 0.05) is 12.2 Å². The van der Waals surface area contributed by atoms with Gasteiger partial charge in [0.25, 0.3) is 0 Å². The third-order valence-corrected chi connectivity index (χ3v) is 5.64. The predicted molar refractivity (Wildman–Crippen MR) is 121 cm³/mol. The Hall–Kier alpha value is -3.88. The number of rotatable bonds is 7. The van der Waals surface area contributed by atoms with Gasteiger partial charge >= 0.3 is 0 Å². The van der Waals surface area contributed by atoms with Crippen molar-refractivity contribution in [3.8, 4) is 0 Å². The number of aromatic nitrogens is 8. The van der Waals surface area contributed by atoms with Crippen molar-refractivity contribution in [1.82, 2.24) is 39.7 Å². The summed E-state index contributed by atoms with van der Waals surface area (Å²) in [6.07, 6.45) is -2.34. The van der Waals surface area contributed by atoms with Gasteiger partial charge in [0.1, 0.15) is 17.7 Å². The Morgan fingerprint density at radius 1 is 1.12 bits per heavy atom. The minimum Gasteiger partial charge on any atom is -0.399 e. The second-order valence-electron chi connectivity index (χ2n) is 7.94. The molecule has 0 amide bonds. The average Bonchev–Trinajstić information content (AvgIpc) is 3.54. The van der Waals surface area contributed by atoms with Crippen molar-refractivity contribution in [2.45, 2.75) is 44.4 Å². The predicted octanol–water partition coefficient (Wildman–Crippen LogP) is -0.356. The van der Waals surface area contributed by atoms with Crippen molar-refractivity contribution in [2.24, 2.45) is 0 Å². The van der Waals surface area contributed by atoms with Crippen LogP contribution < -0.4 is 16.8 Å². The Morgan fingerprint density at radius 2 is 1.91 bits per heavy atom. The standard InChI is InChI=1S/C20H25N11O3/c1-2-31-28-17(27-29-31)15-13(32)14(33)19(34-15)30-9-24-12-16(22)25-20(26-18(12)30)23-8-7-10-3-5-11(21)6-4-10/h3-6,9,13-15,19,32-33H,2,7-8,21H2,1H3,(H3,22,23,25,26)/t13-,14+,15-,19+/m0/s1. The number of tetrazole rings is 1. The number of aliphatic hydroxyl groups excluding tert-OH is 2. The van der Waals surface area contributed by atoms with Gasteiger partial charge in [0.15, 0.2) is 23.8 Å². The number of hydrogen-bond acceptors (Lipinski definition) is 12. The lowest BCUT2D eigenvalue weighted by Gasteiger charge is -2.16.